The fourth-order valence-electron chi connectivity index (χ4n) is 5.14. The van der Waals surface area contributed by atoms with Crippen molar-refractivity contribution in [3.8, 4) is 11.5 Å². The van der Waals surface area contributed by atoms with Crippen LogP contribution >= 0.6 is 0 Å². The topological polar surface area (TPSA) is 35.9 Å². The third-order valence-corrected chi connectivity index (χ3v) is 6.66. The molecule has 0 spiro atoms. The molecule has 3 atom stereocenters. The Hall–Kier alpha value is -2.46. The number of phenolic OH excluding ortho intramolecular Hbond substituents is 1. The summed E-state index contributed by atoms with van der Waals surface area (Å²) in [7, 11) is 0. The number of likely N-dealkylation sites (tertiary alicyclic amines) is 1. The van der Waals surface area contributed by atoms with E-state index in [0.29, 0.717) is 43.6 Å². The lowest BCUT2D eigenvalue weighted by Crippen LogP contribution is -2.47. The molecule has 2 aromatic rings. The first-order valence-electron chi connectivity index (χ1n) is 11.6. The molecule has 0 bridgehead atoms. The van der Waals surface area contributed by atoms with Crippen LogP contribution in [0.5, 0.6) is 11.5 Å². The van der Waals surface area contributed by atoms with E-state index in [-0.39, 0.29) is 24.0 Å². The third-order valence-electron chi connectivity index (χ3n) is 6.66. The maximum Gasteiger partial charge on any atom is 0.401 e. The lowest BCUT2D eigenvalue weighted by atomic mass is 9.84. The van der Waals surface area contributed by atoms with E-state index in [4.69, 9.17) is 4.74 Å². The van der Waals surface area contributed by atoms with E-state index >= 15 is 8.78 Å². The Labute approximate surface area is 200 Å². The van der Waals surface area contributed by atoms with Gasteiger partial charge < -0.3 is 9.84 Å². The van der Waals surface area contributed by atoms with Crippen LogP contribution in [0.15, 0.2) is 30.3 Å². The molecule has 2 aliphatic heterocycles. The van der Waals surface area contributed by atoms with E-state index in [1.807, 2.05) is 4.90 Å². The number of phenols is 1. The van der Waals surface area contributed by atoms with Gasteiger partial charge in [0.05, 0.1) is 19.3 Å². The molecule has 192 valence electrons. The highest BCUT2D eigenvalue weighted by molar-refractivity contribution is 5.46. The second-order valence-electron chi connectivity index (χ2n) is 9.30. The van der Waals surface area contributed by atoms with Crippen molar-refractivity contribution in [1.82, 2.24) is 9.80 Å². The minimum absolute atomic E-state index is 0.0433. The summed E-state index contributed by atoms with van der Waals surface area (Å²) in [5.41, 5.74) is 0.367. The zero-order valence-electron chi connectivity index (χ0n) is 19.3. The molecule has 2 heterocycles. The van der Waals surface area contributed by atoms with E-state index in [1.165, 1.54) is 18.2 Å². The summed E-state index contributed by atoms with van der Waals surface area (Å²) in [6.07, 6.45) is -3.68. The van der Waals surface area contributed by atoms with Crippen LogP contribution in [-0.2, 0) is 6.42 Å². The van der Waals surface area contributed by atoms with Gasteiger partial charge in [0, 0.05) is 43.4 Å². The predicted octanol–water partition coefficient (Wildman–Crippen LogP) is 5.38. The van der Waals surface area contributed by atoms with Gasteiger partial charge in [-0.3, -0.25) is 14.2 Å². The maximum atomic E-state index is 15.4. The molecule has 0 aliphatic carbocycles. The number of ether oxygens (including phenoxy) is 1. The number of rotatable bonds is 7. The molecular formula is C25H28F6N2O2. The number of aromatic hydroxyl groups is 1. The average Bonchev–Trinajstić information content (AvgIpc) is 3.20. The first-order chi connectivity index (χ1) is 16.6. The van der Waals surface area contributed by atoms with Crippen LogP contribution in [0, 0.1) is 11.6 Å². The molecular weight excluding hydrogens is 474 g/mol. The van der Waals surface area contributed by atoms with Crippen LogP contribution in [0.1, 0.15) is 42.5 Å². The van der Waals surface area contributed by atoms with Crippen molar-refractivity contribution in [2.45, 2.75) is 50.6 Å². The van der Waals surface area contributed by atoms with E-state index < -0.39 is 48.7 Å². The molecule has 1 fully saturated rings. The van der Waals surface area contributed by atoms with Crippen molar-refractivity contribution < 1.29 is 36.2 Å². The second-order valence-corrected chi connectivity index (χ2v) is 9.30. The number of fused-ring (bicyclic) bond motifs is 1. The Morgan fingerprint density at radius 2 is 1.83 bits per heavy atom. The molecule has 0 aromatic heterocycles. The van der Waals surface area contributed by atoms with Crippen LogP contribution in [0.4, 0.5) is 26.3 Å². The zero-order valence-corrected chi connectivity index (χ0v) is 19.3. The van der Waals surface area contributed by atoms with Crippen molar-refractivity contribution in [3.05, 3.63) is 58.7 Å². The molecule has 10 heteroatoms. The van der Waals surface area contributed by atoms with Crippen molar-refractivity contribution in [2.24, 2.45) is 0 Å². The third kappa shape index (κ3) is 5.86. The van der Waals surface area contributed by atoms with Gasteiger partial charge in [0.2, 0.25) is 0 Å². The normalized spacial score (nSPS) is 23.5. The van der Waals surface area contributed by atoms with Gasteiger partial charge >= 0.3 is 6.18 Å². The smallest absolute Gasteiger partial charge is 0.401 e. The van der Waals surface area contributed by atoms with Crippen molar-refractivity contribution in [1.29, 1.82) is 0 Å². The molecule has 4 rings (SSSR count). The summed E-state index contributed by atoms with van der Waals surface area (Å²) in [5.74, 6) is -2.12. The van der Waals surface area contributed by atoms with Gasteiger partial charge in [-0.15, -0.1) is 0 Å². The zero-order chi connectivity index (χ0) is 25.3. The van der Waals surface area contributed by atoms with Gasteiger partial charge in [-0.25, -0.2) is 8.78 Å². The summed E-state index contributed by atoms with van der Waals surface area (Å²) < 4.78 is 89.2. The number of hydrogen-bond donors (Lipinski definition) is 1. The molecule has 0 saturated carbocycles. The number of nitrogens with zero attached hydrogens (tertiary/aromatic N) is 2. The van der Waals surface area contributed by atoms with Crippen LogP contribution in [0.2, 0.25) is 0 Å². The lowest BCUT2D eigenvalue weighted by Gasteiger charge is -2.42. The van der Waals surface area contributed by atoms with Crippen LogP contribution in [-0.4, -0.2) is 66.1 Å². The molecule has 1 N–H and O–H groups in total. The second kappa shape index (κ2) is 10.3. The highest BCUT2D eigenvalue weighted by Gasteiger charge is 2.42. The van der Waals surface area contributed by atoms with Gasteiger partial charge in [0.25, 0.3) is 0 Å². The van der Waals surface area contributed by atoms with Gasteiger partial charge in [0.1, 0.15) is 29.2 Å². The van der Waals surface area contributed by atoms with Crippen molar-refractivity contribution in [3.63, 3.8) is 0 Å². The Bertz CT molecular complexity index is 1020. The number of halogens is 6. The number of hydrogen-bond acceptors (Lipinski definition) is 4. The fourth-order valence-corrected chi connectivity index (χ4v) is 5.14. The predicted molar refractivity (Wildman–Crippen MR) is 118 cm³/mol. The molecule has 1 saturated heterocycles. The fraction of sp³-hybridized carbons (Fsp3) is 0.520. The van der Waals surface area contributed by atoms with E-state index in [0.717, 1.165) is 17.0 Å². The molecule has 0 radical (unpaired) electrons. The van der Waals surface area contributed by atoms with Gasteiger partial charge in [-0.2, -0.15) is 13.2 Å². The molecule has 0 amide bonds. The quantitative estimate of drug-likeness (QED) is 0.516. The highest BCUT2D eigenvalue weighted by atomic mass is 19.4. The summed E-state index contributed by atoms with van der Waals surface area (Å²) in [5, 5.41) is 9.85. The van der Waals surface area contributed by atoms with Crippen LogP contribution < -0.4 is 4.74 Å². The largest absolute Gasteiger partial charge is 0.508 e. The first-order valence-corrected chi connectivity index (χ1v) is 11.6. The summed E-state index contributed by atoms with van der Waals surface area (Å²) in [4.78, 5) is 3.05. The maximum absolute atomic E-state index is 15.4. The van der Waals surface area contributed by atoms with Gasteiger partial charge in [-0.1, -0.05) is 6.07 Å². The summed E-state index contributed by atoms with van der Waals surface area (Å²) in [6, 6.07) is 4.15. The number of alkyl halides is 4. The standard InChI is InChI=1S/C25H28F6N2O2/c1-15-9-16-10-17(34)3-4-20(16)24(33(15)14-25(29,30)31)23-21(27)11-19(12-22(23)28)35-18-5-8-32(13-18)7-2-6-26/h3-4,10-12,15,18,24,34H,2,5-9,13-14H2,1H3/t15-,18?,24+/m1/s1. The van der Waals surface area contributed by atoms with E-state index in [1.54, 1.807) is 6.92 Å². The molecule has 4 nitrogen and oxygen atoms in total. The Morgan fingerprint density at radius 1 is 1.11 bits per heavy atom. The van der Waals surface area contributed by atoms with Crippen LogP contribution in [0.25, 0.3) is 0 Å². The molecule has 2 aromatic carbocycles. The average molecular weight is 502 g/mol. The molecule has 2 aliphatic rings. The van der Waals surface area contributed by atoms with E-state index in [2.05, 4.69) is 0 Å². The van der Waals surface area contributed by atoms with Crippen LogP contribution in [0.3, 0.4) is 0 Å². The summed E-state index contributed by atoms with van der Waals surface area (Å²) >= 11 is 0. The van der Waals surface area contributed by atoms with Gasteiger partial charge in [0.15, 0.2) is 0 Å². The summed E-state index contributed by atoms with van der Waals surface area (Å²) in [6.45, 7) is 1.56. The SMILES string of the molecule is C[C@@H]1Cc2cc(O)ccc2[C@@H](c2c(F)cc(OC3CCN(CCCF)C3)cc2F)N1CC(F)(F)F. The highest BCUT2D eigenvalue weighted by Crippen LogP contribution is 2.43. The Balaban J connectivity index is 1.65. The number of benzene rings is 2. The van der Waals surface area contributed by atoms with Crippen molar-refractivity contribution in [2.75, 3.05) is 32.9 Å². The van der Waals surface area contributed by atoms with Gasteiger partial charge in [-0.05, 0) is 49.4 Å². The Morgan fingerprint density at radius 3 is 2.49 bits per heavy atom. The van der Waals surface area contributed by atoms with E-state index in [9.17, 15) is 22.7 Å². The van der Waals surface area contributed by atoms with Crippen molar-refractivity contribution >= 4 is 0 Å². The lowest BCUT2D eigenvalue weighted by molar-refractivity contribution is -0.155. The Kier molecular flexibility index (Phi) is 7.51. The minimum Gasteiger partial charge on any atom is -0.508 e. The first kappa shape index (κ1) is 25.6. The molecule has 1 unspecified atom stereocenters. The minimum atomic E-state index is -4.58. The monoisotopic (exact) mass is 502 g/mol. The molecule has 35 heavy (non-hydrogen) atoms.